The molecule has 0 saturated heterocycles. The standard InChI is InChI=1S/C17H17NO4/c1-22-17(21)18(14-10-6-3-7-11-14)15(16(19)20)12-13-8-4-2-5-9-13/h2-11,15H,12H2,1H3,(H,19,20). The van der Waals surface area contributed by atoms with Crippen LogP contribution in [0.4, 0.5) is 10.5 Å². The molecule has 0 aromatic heterocycles. The summed E-state index contributed by atoms with van der Waals surface area (Å²) in [6.45, 7) is 0. The maximum absolute atomic E-state index is 12.1. The molecule has 1 unspecified atom stereocenters. The summed E-state index contributed by atoms with van der Waals surface area (Å²) in [7, 11) is 1.24. The number of hydrogen-bond acceptors (Lipinski definition) is 3. The Balaban J connectivity index is 2.37. The molecule has 5 nitrogen and oxygen atoms in total. The van der Waals surface area contributed by atoms with Crippen molar-refractivity contribution in [1.82, 2.24) is 0 Å². The first-order chi connectivity index (χ1) is 10.6. The Morgan fingerprint density at radius 2 is 1.59 bits per heavy atom. The summed E-state index contributed by atoms with van der Waals surface area (Å²) >= 11 is 0. The van der Waals surface area contributed by atoms with Gasteiger partial charge in [-0.3, -0.25) is 4.90 Å². The fourth-order valence-corrected chi connectivity index (χ4v) is 2.23. The largest absolute Gasteiger partial charge is 0.480 e. The minimum Gasteiger partial charge on any atom is -0.480 e. The van der Waals surface area contributed by atoms with Gasteiger partial charge in [-0.2, -0.15) is 0 Å². The zero-order valence-electron chi connectivity index (χ0n) is 12.2. The summed E-state index contributed by atoms with van der Waals surface area (Å²) in [5.74, 6) is -1.09. The Morgan fingerprint density at radius 3 is 2.09 bits per heavy atom. The number of benzene rings is 2. The molecule has 0 aliphatic carbocycles. The summed E-state index contributed by atoms with van der Waals surface area (Å²) < 4.78 is 4.76. The number of carbonyl (C=O) groups is 2. The maximum atomic E-state index is 12.1. The Morgan fingerprint density at radius 1 is 1.05 bits per heavy atom. The van der Waals surface area contributed by atoms with Crippen LogP contribution in [0.1, 0.15) is 5.56 Å². The van der Waals surface area contributed by atoms with Crippen molar-refractivity contribution in [3.63, 3.8) is 0 Å². The van der Waals surface area contributed by atoms with Gasteiger partial charge in [-0.05, 0) is 17.7 Å². The summed E-state index contributed by atoms with van der Waals surface area (Å²) in [6.07, 6.45) is -0.505. The zero-order chi connectivity index (χ0) is 15.9. The molecule has 114 valence electrons. The van der Waals surface area contributed by atoms with E-state index >= 15 is 0 Å². The first-order valence-electron chi connectivity index (χ1n) is 6.82. The lowest BCUT2D eigenvalue weighted by atomic mass is 10.0. The molecular formula is C17H17NO4. The Bertz CT molecular complexity index is 628. The monoisotopic (exact) mass is 299 g/mol. The molecule has 1 atom stereocenters. The van der Waals surface area contributed by atoms with Crippen molar-refractivity contribution < 1.29 is 19.4 Å². The van der Waals surface area contributed by atoms with E-state index in [-0.39, 0.29) is 6.42 Å². The highest BCUT2D eigenvalue weighted by molar-refractivity contribution is 5.95. The van der Waals surface area contributed by atoms with E-state index in [1.165, 1.54) is 7.11 Å². The molecule has 2 aromatic rings. The van der Waals surface area contributed by atoms with Crippen molar-refractivity contribution in [3.05, 3.63) is 66.2 Å². The molecule has 0 saturated carbocycles. The summed E-state index contributed by atoms with van der Waals surface area (Å²) in [5, 5.41) is 9.56. The summed E-state index contributed by atoms with van der Waals surface area (Å²) in [4.78, 5) is 24.9. The predicted octanol–water partition coefficient (Wildman–Crippen LogP) is 2.96. The summed E-state index contributed by atoms with van der Waals surface area (Å²) in [6, 6.07) is 16.8. The third-order valence-corrected chi connectivity index (χ3v) is 3.27. The van der Waals surface area contributed by atoms with E-state index in [4.69, 9.17) is 4.74 Å². The van der Waals surface area contributed by atoms with Crippen molar-refractivity contribution >= 4 is 17.7 Å². The van der Waals surface area contributed by atoms with Gasteiger partial charge in [0.25, 0.3) is 0 Å². The van der Waals surface area contributed by atoms with Gasteiger partial charge in [0.15, 0.2) is 0 Å². The molecule has 2 rings (SSSR count). The molecule has 0 spiro atoms. The van der Waals surface area contributed by atoms with Crippen molar-refractivity contribution in [1.29, 1.82) is 0 Å². The molecule has 1 N–H and O–H groups in total. The highest BCUT2D eigenvalue weighted by Gasteiger charge is 2.31. The molecule has 0 radical (unpaired) electrons. The van der Waals surface area contributed by atoms with Crippen LogP contribution >= 0.6 is 0 Å². The van der Waals surface area contributed by atoms with Gasteiger partial charge in [-0.1, -0.05) is 48.5 Å². The van der Waals surface area contributed by atoms with E-state index < -0.39 is 18.1 Å². The molecule has 5 heteroatoms. The smallest absolute Gasteiger partial charge is 0.414 e. The second-order valence-electron chi connectivity index (χ2n) is 4.72. The average Bonchev–Trinajstić information content (AvgIpc) is 2.55. The number of carboxylic acid groups (broad SMARTS) is 1. The predicted molar refractivity (Wildman–Crippen MR) is 82.9 cm³/mol. The number of amides is 1. The molecule has 0 aliphatic rings. The van der Waals surface area contributed by atoms with Crippen molar-refractivity contribution in [2.75, 3.05) is 12.0 Å². The van der Waals surface area contributed by atoms with Gasteiger partial charge in [-0.25, -0.2) is 9.59 Å². The van der Waals surface area contributed by atoms with Crippen molar-refractivity contribution in [2.24, 2.45) is 0 Å². The van der Waals surface area contributed by atoms with Crippen LogP contribution in [0.5, 0.6) is 0 Å². The molecular weight excluding hydrogens is 282 g/mol. The fraction of sp³-hybridized carbons (Fsp3) is 0.176. The third-order valence-electron chi connectivity index (χ3n) is 3.27. The molecule has 22 heavy (non-hydrogen) atoms. The Labute approximate surface area is 128 Å². The van der Waals surface area contributed by atoms with Crippen molar-refractivity contribution in [3.8, 4) is 0 Å². The Hall–Kier alpha value is -2.82. The highest BCUT2D eigenvalue weighted by atomic mass is 16.5. The lowest BCUT2D eigenvalue weighted by molar-refractivity contribution is -0.138. The van der Waals surface area contributed by atoms with Crippen LogP contribution in [0.2, 0.25) is 0 Å². The van der Waals surface area contributed by atoms with Gasteiger partial charge >= 0.3 is 12.1 Å². The zero-order valence-corrected chi connectivity index (χ0v) is 12.2. The maximum Gasteiger partial charge on any atom is 0.414 e. The van der Waals surface area contributed by atoms with Crippen LogP contribution in [0.15, 0.2) is 60.7 Å². The number of carboxylic acids is 1. The van der Waals surface area contributed by atoms with Gasteiger partial charge < -0.3 is 9.84 Å². The number of hydrogen-bond donors (Lipinski definition) is 1. The van der Waals surface area contributed by atoms with Gasteiger partial charge in [-0.15, -0.1) is 0 Å². The topological polar surface area (TPSA) is 66.8 Å². The molecule has 2 aromatic carbocycles. The first-order valence-corrected chi connectivity index (χ1v) is 6.82. The van der Waals surface area contributed by atoms with Crippen LogP contribution in [-0.4, -0.2) is 30.3 Å². The molecule has 0 fully saturated rings. The van der Waals surface area contributed by atoms with Gasteiger partial charge in [0, 0.05) is 12.1 Å². The summed E-state index contributed by atoms with van der Waals surface area (Å²) in [5.41, 5.74) is 1.32. The van der Waals surface area contributed by atoms with E-state index in [0.717, 1.165) is 10.5 Å². The van der Waals surface area contributed by atoms with Crippen LogP contribution in [0.25, 0.3) is 0 Å². The molecule has 0 aliphatic heterocycles. The lowest BCUT2D eigenvalue weighted by Gasteiger charge is -2.27. The van der Waals surface area contributed by atoms with E-state index in [2.05, 4.69) is 0 Å². The molecule has 1 amide bonds. The fourth-order valence-electron chi connectivity index (χ4n) is 2.23. The number of nitrogens with zero attached hydrogens (tertiary/aromatic N) is 1. The SMILES string of the molecule is COC(=O)N(c1ccccc1)C(Cc1ccccc1)C(=O)O. The van der Waals surface area contributed by atoms with Crippen LogP contribution < -0.4 is 4.90 Å². The number of aliphatic carboxylic acids is 1. The van der Waals surface area contributed by atoms with Gasteiger partial charge in [0.1, 0.15) is 6.04 Å². The normalized spacial score (nSPS) is 11.5. The van der Waals surface area contributed by atoms with Crippen LogP contribution in [0.3, 0.4) is 0 Å². The Kier molecular flexibility index (Phi) is 5.14. The van der Waals surface area contributed by atoms with E-state index in [1.807, 2.05) is 30.3 Å². The third kappa shape index (κ3) is 3.63. The van der Waals surface area contributed by atoms with Crippen molar-refractivity contribution in [2.45, 2.75) is 12.5 Å². The minimum absolute atomic E-state index is 0.195. The minimum atomic E-state index is -1.09. The average molecular weight is 299 g/mol. The second kappa shape index (κ2) is 7.26. The number of ether oxygens (including phenoxy) is 1. The first kappa shape index (κ1) is 15.6. The molecule has 0 heterocycles. The van der Waals surface area contributed by atoms with E-state index in [9.17, 15) is 14.7 Å². The van der Waals surface area contributed by atoms with E-state index in [1.54, 1.807) is 30.3 Å². The highest BCUT2D eigenvalue weighted by Crippen LogP contribution is 2.20. The molecule has 0 bridgehead atoms. The number of para-hydroxylation sites is 1. The number of rotatable bonds is 5. The van der Waals surface area contributed by atoms with Gasteiger partial charge in [0.2, 0.25) is 0 Å². The quantitative estimate of drug-likeness (QED) is 0.921. The number of anilines is 1. The number of methoxy groups -OCH3 is 1. The second-order valence-corrected chi connectivity index (χ2v) is 4.72. The van der Waals surface area contributed by atoms with E-state index in [0.29, 0.717) is 5.69 Å². The lowest BCUT2D eigenvalue weighted by Crippen LogP contribution is -2.46. The van der Waals surface area contributed by atoms with Gasteiger partial charge in [0.05, 0.1) is 7.11 Å². The number of carbonyl (C=O) groups excluding carboxylic acids is 1. The van der Waals surface area contributed by atoms with Crippen LogP contribution in [0, 0.1) is 0 Å². The van der Waals surface area contributed by atoms with Crippen LogP contribution in [-0.2, 0) is 16.0 Å².